The number of ether oxygens (including phenoxy) is 4. The molecular formula is C75H130O17P2. The molecule has 17 nitrogen and oxygen atoms in total. The summed E-state index contributed by atoms with van der Waals surface area (Å²) < 4.78 is 68.2. The first-order valence-corrected chi connectivity index (χ1v) is 39.5. The Morgan fingerprint density at radius 2 is 0.617 bits per heavy atom. The SMILES string of the molecule is CC/C=C\C/C=C\C/C=C\C/C=C\C/C=C\CC(=O)OCC(COP(=O)(O)OCC(O)COP(=O)(O)OCC(COC(=O)CCCCCCC/C=C\CCCCCC)OC(=O)CCCCCCCCCCCCCCC)OC(=O)CCCCCCC/C=C\C/C=C\CCC. The predicted molar refractivity (Wildman–Crippen MR) is 381 cm³/mol. The van der Waals surface area contributed by atoms with Crippen molar-refractivity contribution in [2.75, 3.05) is 39.6 Å². The van der Waals surface area contributed by atoms with E-state index in [-0.39, 0.29) is 25.7 Å². The zero-order chi connectivity index (χ0) is 69.0. The lowest BCUT2D eigenvalue weighted by atomic mass is 10.0. The second-order valence-electron chi connectivity index (χ2n) is 24.2. The average molecular weight is 1370 g/mol. The van der Waals surface area contributed by atoms with E-state index in [1.807, 2.05) is 18.2 Å². The molecule has 0 radical (unpaired) electrons. The van der Waals surface area contributed by atoms with Crippen molar-refractivity contribution in [1.82, 2.24) is 0 Å². The molecule has 0 amide bonds. The lowest BCUT2D eigenvalue weighted by Crippen LogP contribution is -2.30. The molecule has 0 aliphatic rings. The summed E-state index contributed by atoms with van der Waals surface area (Å²) in [6, 6.07) is 0. The van der Waals surface area contributed by atoms with E-state index in [1.165, 1.54) is 77.0 Å². The van der Waals surface area contributed by atoms with Crippen molar-refractivity contribution >= 4 is 39.5 Å². The quantitative estimate of drug-likeness (QED) is 0.0169. The second kappa shape index (κ2) is 67.5. The molecule has 0 aromatic carbocycles. The van der Waals surface area contributed by atoms with Crippen molar-refractivity contribution in [3.63, 3.8) is 0 Å². The van der Waals surface area contributed by atoms with E-state index in [0.29, 0.717) is 25.7 Å². The fourth-order valence-corrected chi connectivity index (χ4v) is 11.1. The topological polar surface area (TPSA) is 237 Å². The van der Waals surface area contributed by atoms with Gasteiger partial charge in [-0.05, 0) is 103 Å². The Kier molecular flexibility index (Phi) is 64.7. The number of allylic oxidation sites excluding steroid dienone is 15. The van der Waals surface area contributed by atoms with Crippen LogP contribution in [-0.4, -0.2) is 96.7 Å². The van der Waals surface area contributed by atoms with E-state index in [2.05, 4.69) is 101 Å². The summed E-state index contributed by atoms with van der Waals surface area (Å²) in [5.74, 6) is -2.34. The van der Waals surface area contributed by atoms with Crippen molar-refractivity contribution in [2.24, 2.45) is 0 Å². The lowest BCUT2D eigenvalue weighted by molar-refractivity contribution is -0.161. The van der Waals surface area contributed by atoms with Crippen LogP contribution in [0.25, 0.3) is 0 Å². The number of esters is 4. The fourth-order valence-electron chi connectivity index (χ4n) is 9.50. The Morgan fingerprint density at radius 3 is 1.01 bits per heavy atom. The average Bonchev–Trinajstić information content (AvgIpc) is 1.67. The minimum atomic E-state index is -4.99. The molecule has 3 N–H and O–H groups in total. The number of aliphatic hydroxyl groups is 1. The number of unbranched alkanes of at least 4 members (excludes halogenated alkanes) is 27. The summed E-state index contributed by atoms with van der Waals surface area (Å²) in [6.07, 6.45) is 68.7. The van der Waals surface area contributed by atoms with Gasteiger partial charge in [-0.25, -0.2) is 9.13 Å². The minimum Gasteiger partial charge on any atom is -0.462 e. The van der Waals surface area contributed by atoms with E-state index in [1.54, 1.807) is 6.08 Å². The standard InChI is InChI=1S/C75H130O17P2/c1-5-9-13-17-21-25-29-33-34-38-40-44-48-52-56-60-73(78)86-66-71(92-75(80)62-58-54-50-46-42-37-32-28-24-20-16-12-8-4)68-90-94(83,84)88-64-69(76)63-87-93(81,82)89-67-70(91-74(79)61-57-53-49-45-41-36-31-27-23-19-15-11-7-3)65-85-72(77)59-55-51-47-43-39-35-30-26-22-18-14-10-6-2/h9,13,16,20-21,25-26,28,30,32-34,40,44,52,56,69-71,76H,5-8,10-12,14-15,17-19,22-24,27,29,31,35-39,41-43,45-51,53-55,57-68H2,1-4H3,(H,81,82)(H,83,84)/b13-9-,20-16-,25-21-,30-26-,32-28-,34-33-,44-40-,56-52-. The van der Waals surface area contributed by atoms with Crippen molar-refractivity contribution in [2.45, 2.75) is 316 Å². The van der Waals surface area contributed by atoms with Gasteiger partial charge < -0.3 is 33.8 Å². The van der Waals surface area contributed by atoms with Gasteiger partial charge >= 0.3 is 39.5 Å². The van der Waals surface area contributed by atoms with Crippen molar-refractivity contribution in [1.29, 1.82) is 0 Å². The molecule has 5 unspecified atom stereocenters. The van der Waals surface area contributed by atoms with E-state index in [4.69, 9.17) is 37.0 Å². The molecule has 0 aromatic heterocycles. The van der Waals surface area contributed by atoms with E-state index < -0.39 is 97.5 Å². The van der Waals surface area contributed by atoms with Gasteiger partial charge in [0, 0.05) is 19.3 Å². The van der Waals surface area contributed by atoms with Crippen LogP contribution in [0.3, 0.4) is 0 Å². The molecule has 0 saturated heterocycles. The highest BCUT2D eigenvalue weighted by molar-refractivity contribution is 7.47. The van der Waals surface area contributed by atoms with Crippen LogP contribution in [0.4, 0.5) is 0 Å². The molecule has 0 aromatic rings. The lowest BCUT2D eigenvalue weighted by Gasteiger charge is -2.21. The van der Waals surface area contributed by atoms with Crippen LogP contribution < -0.4 is 0 Å². The molecule has 0 bridgehead atoms. The number of carbonyl (C=O) groups is 4. The molecular weight excluding hydrogens is 1230 g/mol. The van der Waals surface area contributed by atoms with Gasteiger partial charge in [0.15, 0.2) is 12.2 Å². The number of phosphoric acid groups is 2. The Labute approximate surface area is 569 Å². The van der Waals surface area contributed by atoms with Crippen molar-refractivity contribution < 1.29 is 80.2 Å². The van der Waals surface area contributed by atoms with Crippen LogP contribution in [0, 0.1) is 0 Å². The summed E-state index contributed by atoms with van der Waals surface area (Å²) in [5.41, 5.74) is 0. The maximum Gasteiger partial charge on any atom is 0.472 e. The minimum absolute atomic E-state index is 0.0589. The first-order chi connectivity index (χ1) is 45.7. The number of aliphatic hydroxyl groups excluding tert-OH is 1. The summed E-state index contributed by atoms with van der Waals surface area (Å²) in [6.45, 7) is 4.54. The second-order valence-corrected chi connectivity index (χ2v) is 27.1. The van der Waals surface area contributed by atoms with Gasteiger partial charge in [-0.1, -0.05) is 266 Å². The highest BCUT2D eigenvalue weighted by Crippen LogP contribution is 2.45. The van der Waals surface area contributed by atoms with Crippen LogP contribution in [0.5, 0.6) is 0 Å². The van der Waals surface area contributed by atoms with Crippen molar-refractivity contribution in [3.8, 4) is 0 Å². The molecule has 0 fully saturated rings. The van der Waals surface area contributed by atoms with E-state index >= 15 is 0 Å². The third kappa shape index (κ3) is 66.6. The molecule has 0 heterocycles. The van der Waals surface area contributed by atoms with Crippen molar-refractivity contribution in [3.05, 3.63) is 97.2 Å². The van der Waals surface area contributed by atoms with E-state index in [0.717, 1.165) is 141 Å². The van der Waals surface area contributed by atoms with Crippen LogP contribution in [0.2, 0.25) is 0 Å². The molecule has 0 aliphatic heterocycles. The Balaban J connectivity index is 5.40. The van der Waals surface area contributed by atoms with Crippen LogP contribution in [0.15, 0.2) is 97.2 Å². The van der Waals surface area contributed by atoms with Gasteiger partial charge in [0.25, 0.3) is 0 Å². The fraction of sp³-hybridized carbons (Fsp3) is 0.733. The molecule has 94 heavy (non-hydrogen) atoms. The maximum atomic E-state index is 13.0. The van der Waals surface area contributed by atoms with E-state index in [9.17, 15) is 43.2 Å². The van der Waals surface area contributed by atoms with Gasteiger partial charge in [0.05, 0.1) is 32.8 Å². The summed E-state index contributed by atoms with van der Waals surface area (Å²) in [7, 11) is -9.96. The summed E-state index contributed by atoms with van der Waals surface area (Å²) in [4.78, 5) is 72.6. The number of carbonyl (C=O) groups excluding carboxylic acids is 4. The number of phosphoric ester groups is 2. The Hall–Kier alpha value is -4.02. The number of hydrogen-bond acceptors (Lipinski definition) is 15. The third-order valence-electron chi connectivity index (χ3n) is 15.0. The Bertz CT molecular complexity index is 2170. The molecule has 5 atom stereocenters. The molecule has 19 heteroatoms. The zero-order valence-electron chi connectivity index (χ0n) is 58.9. The first-order valence-electron chi connectivity index (χ1n) is 36.5. The molecule has 542 valence electrons. The predicted octanol–water partition coefficient (Wildman–Crippen LogP) is 20.4. The monoisotopic (exact) mass is 1360 g/mol. The van der Waals surface area contributed by atoms with Gasteiger partial charge in [-0.2, -0.15) is 0 Å². The van der Waals surface area contributed by atoms with Gasteiger partial charge in [-0.15, -0.1) is 0 Å². The summed E-state index contributed by atoms with van der Waals surface area (Å²) >= 11 is 0. The normalized spacial score (nSPS) is 14.6. The zero-order valence-corrected chi connectivity index (χ0v) is 60.7. The van der Waals surface area contributed by atoms with Gasteiger partial charge in [-0.3, -0.25) is 37.3 Å². The van der Waals surface area contributed by atoms with Crippen LogP contribution in [-0.2, 0) is 65.4 Å². The molecule has 0 rings (SSSR count). The maximum absolute atomic E-state index is 13.0. The third-order valence-corrected chi connectivity index (χ3v) is 16.9. The van der Waals surface area contributed by atoms with Gasteiger partial charge in [0.2, 0.25) is 0 Å². The highest BCUT2D eigenvalue weighted by atomic mass is 31.2. The Morgan fingerprint density at radius 1 is 0.319 bits per heavy atom. The molecule has 0 spiro atoms. The highest BCUT2D eigenvalue weighted by Gasteiger charge is 2.30. The summed E-state index contributed by atoms with van der Waals surface area (Å²) in [5, 5.41) is 10.6. The largest absolute Gasteiger partial charge is 0.472 e. The molecule has 0 aliphatic carbocycles. The molecule has 0 saturated carbocycles. The first kappa shape index (κ1) is 90.0. The number of hydrogen-bond donors (Lipinski definition) is 3. The van der Waals surface area contributed by atoms with Crippen LogP contribution in [0.1, 0.15) is 297 Å². The smallest absolute Gasteiger partial charge is 0.462 e. The van der Waals surface area contributed by atoms with Crippen LogP contribution >= 0.6 is 15.6 Å². The van der Waals surface area contributed by atoms with Gasteiger partial charge in [0.1, 0.15) is 19.3 Å². The number of rotatable bonds is 68.